The minimum atomic E-state index is -4.00. The fourth-order valence-corrected chi connectivity index (χ4v) is 2.25. The van der Waals surface area contributed by atoms with Gasteiger partial charge in [0.1, 0.15) is 5.82 Å². The number of amides is 1. The third kappa shape index (κ3) is 4.97. The molecule has 1 atom stereocenters. The van der Waals surface area contributed by atoms with Gasteiger partial charge in [-0.05, 0) is 29.5 Å². The van der Waals surface area contributed by atoms with Gasteiger partial charge in [0.25, 0.3) is 15.0 Å². The monoisotopic (exact) mass is 335 g/mol. The zero-order valence-corrected chi connectivity index (χ0v) is 14.0. The molecular weight excluding hydrogens is 317 g/mol. The molecule has 0 aliphatic heterocycles. The molecule has 7 heteroatoms. The van der Waals surface area contributed by atoms with Crippen LogP contribution < -0.4 is 5.32 Å². The predicted octanol–water partition coefficient (Wildman–Crippen LogP) is 3.17. The predicted molar refractivity (Wildman–Crippen MR) is 80.4 cm³/mol. The summed E-state index contributed by atoms with van der Waals surface area (Å²) in [6.45, 7) is 8.43. The Kier molecular flexibility index (Phi) is 5.39. The van der Waals surface area contributed by atoms with Crippen molar-refractivity contribution in [3.05, 3.63) is 29.6 Å². The summed E-state index contributed by atoms with van der Waals surface area (Å²) in [5, 5.41) is 2.61. The van der Waals surface area contributed by atoms with Crippen molar-refractivity contribution >= 4 is 25.6 Å². The number of nitrogens with one attached hydrogen (secondary N) is 1. The standard InChI is InChI=1S/C14H19ClFNO3S/c1-9(14(2,3)4)8-17-13(18)11-7-10(21(15,19)20)5-6-12(11)16/h5-7,9H,8H2,1-4H3,(H,17,18). The van der Waals surface area contributed by atoms with E-state index in [2.05, 4.69) is 5.32 Å². The van der Waals surface area contributed by atoms with Crippen LogP contribution >= 0.6 is 10.7 Å². The average molecular weight is 336 g/mol. The van der Waals surface area contributed by atoms with Crippen LogP contribution in [0, 0.1) is 17.2 Å². The molecule has 0 bridgehead atoms. The minimum absolute atomic E-state index is 0.00679. The van der Waals surface area contributed by atoms with Gasteiger partial charge >= 0.3 is 0 Å². The van der Waals surface area contributed by atoms with Gasteiger partial charge in [-0.3, -0.25) is 4.79 Å². The molecule has 1 N–H and O–H groups in total. The second-order valence-electron chi connectivity index (χ2n) is 6.06. The Labute approximate surface area is 129 Å². The molecule has 1 aromatic rings. The molecule has 0 radical (unpaired) electrons. The lowest BCUT2D eigenvalue weighted by atomic mass is 9.82. The van der Waals surface area contributed by atoms with Crippen LogP contribution in [0.1, 0.15) is 38.1 Å². The Hall–Kier alpha value is -1.14. The summed E-state index contributed by atoms with van der Waals surface area (Å²) in [6.07, 6.45) is 0. The summed E-state index contributed by atoms with van der Waals surface area (Å²) in [7, 11) is 1.19. The van der Waals surface area contributed by atoms with E-state index in [4.69, 9.17) is 10.7 Å². The molecule has 0 saturated heterocycles. The van der Waals surface area contributed by atoms with Crippen LogP contribution in [0.15, 0.2) is 23.1 Å². The Morgan fingerprint density at radius 1 is 1.38 bits per heavy atom. The van der Waals surface area contributed by atoms with Crippen molar-refractivity contribution in [3.8, 4) is 0 Å². The highest BCUT2D eigenvalue weighted by molar-refractivity contribution is 8.13. The third-order valence-electron chi connectivity index (χ3n) is 3.51. The number of halogens is 2. The van der Waals surface area contributed by atoms with Crippen LogP contribution in [0.3, 0.4) is 0 Å². The first-order valence-corrected chi connectivity index (χ1v) is 8.76. The third-order valence-corrected chi connectivity index (χ3v) is 4.86. The first-order chi connectivity index (χ1) is 9.43. The molecular formula is C14H19ClFNO3S. The molecule has 0 heterocycles. The first kappa shape index (κ1) is 17.9. The Morgan fingerprint density at radius 2 is 1.95 bits per heavy atom. The van der Waals surface area contributed by atoms with Crippen LogP contribution in [0.2, 0.25) is 0 Å². The molecule has 118 valence electrons. The molecule has 0 aromatic heterocycles. The van der Waals surface area contributed by atoms with Crippen molar-refractivity contribution in [2.75, 3.05) is 6.54 Å². The van der Waals surface area contributed by atoms with Crippen molar-refractivity contribution < 1.29 is 17.6 Å². The molecule has 1 amide bonds. The zero-order chi connectivity index (χ0) is 16.4. The highest BCUT2D eigenvalue weighted by Gasteiger charge is 2.22. The topological polar surface area (TPSA) is 63.2 Å². The Balaban J connectivity index is 2.93. The molecule has 0 spiro atoms. The van der Waals surface area contributed by atoms with Crippen molar-refractivity contribution in [3.63, 3.8) is 0 Å². The number of carbonyl (C=O) groups is 1. The van der Waals surface area contributed by atoms with Gasteiger partial charge in [0.05, 0.1) is 10.5 Å². The van der Waals surface area contributed by atoms with E-state index in [-0.39, 0.29) is 21.8 Å². The number of benzene rings is 1. The van der Waals surface area contributed by atoms with E-state index in [0.29, 0.717) is 6.54 Å². The van der Waals surface area contributed by atoms with Crippen LogP contribution in [-0.4, -0.2) is 20.9 Å². The molecule has 0 fully saturated rings. The largest absolute Gasteiger partial charge is 0.352 e. The van der Waals surface area contributed by atoms with Gasteiger partial charge in [0, 0.05) is 17.2 Å². The maximum atomic E-state index is 13.7. The fraction of sp³-hybridized carbons (Fsp3) is 0.500. The van der Waals surface area contributed by atoms with Crippen molar-refractivity contribution in [2.45, 2.75) is 32.6 Å². The second-order valence-corrected chi connectivity index (χ2v) is 8.62. The Bertz CT molecular complexity index is 638. The first-order valence-electron chi connectivity index (χ1n) is 6.45. The number of carbonyl (C=O) groups excluding carboxylic acids is 1. The minimum Gasteiger partial charge on any atom is -0.352 e. The summed E-state index contributed by atoms with van der Waals surface area (Å²) in [5.41, 5.74) is -0.342. The fourth-order valence-electron chi connectivity index (χ4n) is 1.48. The highest BCUT2D eigenvalue weighted by atomic mass is 35.7. The van der Waals surface area contributed by atoms with E-state index in [9.17, 15) is 17.6 Å². The van der Waals surface area contributed by atoms with Crippen molar-refractivity contribution in [2.24, 2.45) is 11.3 Å². The highest BCUT2D eigenvalue weighted by Crippen LogP contribution is 2.24. The van der Waals surface area contributed by atoms with Gasteiger partial charge in [-0.15, -0.1) is 0 Å². The van der Waals surface area contributed by atoms with Gasteiger partial charge in [0.2, 0.25) is 0 Å². The molecule has 1 unspecified atom stereocenters. The summed E-state index contributed by atoms with van der Waals surface area (Å²) in [6, 6.07) is 2.87. The summed E-state index contributed by atoms with van der Waals surface area (Å²) in [5.74, 6) is -1.28. The van der Waals surface area contributed by atoms with E-state index in [1.54, 1.807) is 0 Å². The molecule has 21 heavy (non-hydrogen) atoms. The molecule has 1 rings (SSSR count). The van der Waals surface area contributed by atoms with E-state index in [1.807, 2.05) is 27.7 Å². The zero-order valence-electron chi connectivity index (χ0n) is 12.4. The maximum Gasteiger partial charge on any atom is 0.261 e. The maximum absolute atomic E-state index is 13.7. The second kappa shape index (κ2) is 6.32. The summed E-state index contributed by atoms with van der Waals surface area (Å²) in [4.78, 5) is 11.7. The van der Waals surface area contributed by atoms with Gasteiger partial charge in [0.15, 0.2) is 0 Å². The van der Waals surface area contributed by atoms with E-state index < -0.39 is 20.8 Å². The van der Waals surface area contributed by atoms with Gasteiger partial charge in [-0.1, -0.05) is 27.7 Å². The Morgan fingerprint density at radius 3 is 2.43 bits per heavy atom. The van der Waals surface area contributed by atoms with E-state index >= 15 is 0 Å². The SMILES string of the molecule is CC(CNC(=O)c1cc(S(=O)(=O)Cl)ccc1F)C(C)(C)C. The van der Waals surface area contributed by atoms with E-state index in [1.165, 1.54) is 0 Å². The number of rotatable bonds is 4. The number of hydrogen-bond acceptors (Lipinski definition) is 3. The quantitative estimate of drug-likeness (QED) is 0.860. The lowest BCUT2D eigenvalue weighted by Gasteiger charge is -2.27. The normalized spacial score (nSPS) is 13.8. The molecule has 0 aliphatic carbocycles. The molecule has 1 aromatic carbocycles. The smallest absolute Gasteiger partial charge is 0.261 e. The van der Waals surface area contributed by atoms with Crippen LogP contribution in [-0.2, 0) is 9.05 Å². The average Bonchev–Trinajstić information content (AvgIpc) is 2.33. The molecule has 4 nitrogen and oxygen atoms in total. The lowest BCUT2D eigenvalue weighted by molar-refractivity contribution is 0.0933. The van der Waals surface area contributed by atoms with Crippen molar-refractivity contribution in [1.29, 1.82) is 0 Å². The summed E-state index contributed by atoms with van der Waals surface area (Å²) >= 11 is 0. The van der Waals surface area contributed by atoms with E-state index in [0.717, 1.165) is 18.2 Å². The van der Waals surface area contributed by atoms with Crippen molar-refractivity contribution in [1.82, 2.24) is 5.32 Å². The summed E-state index contributed by atoms with van der Waals surface area (Å²) < 4.78 is 36.1. The van der Waals surface area contributed by atoms with Gasteiger partial charge in [-0.2, -0.15) is 0 Å². The van der Waals surface area contributed by atoms with Crippen LogP contribution in [0.5, 0.6) is 0 Å². The van der Waals surface area contributed by atoms with Crippen LogP contribution in [0.25, 0.3) is 0 Å². The molecule has 0 aliphatic rings. The lowest BCUT2D eigenvalue weighted by Crippen LogP contribution is -2.34. The van der Waals surface area contributed by atoms with Crippen LogP contribution in [0.4, 0.5) is 4.39 Å². The van der Waals surface area contributed by atoms with Gasteiger partial charge in [-0.25, -0.2) is 12.8 Å². The number of hydrogen-bond donors (Lipinski definition) is 1. The van der Waals surface area contributed by atoms with Gasteiger partial charge < -0.3 is 5.32 Å². The molecule has 0 saturated carbocycles.